The van der Waals surface area contributed by atoms with Gasteiger partial charge in [0.05, 0.1) is 26.3 Å². The number of tetrazole rings is 1. The van der Waals surface area contributed by atoms with Crippen LogP contribution in [0.4, 0.5) is 0 Å². The number of para-hydroxylation sites is 1. The molecule has 8 nitrogen and oxygen atoms in total. The molecular formula is C19H20N4O4. The fraction of sp³-hybridized carbons (Fsp3) is 0.263. The molecule has 2 aromatic carbocycles. The summed E-state index contributed by atoms with van der Waals surface area (Å²) in [5.74, 6) is 2.20. The summed E-state index contributed by atoms with van der Waals surface area (Å²) in [6.07, 6.45) is 0. The van der Waals surface area contributed by atoms with Crippen LogP contribution in [0.3, 0.4) is 0 Å². The Hall–Kier alpha value is -3.42. The van der Waals surface area contributed by atoms with Gasteiger partial charge in [-0.1, -0.05) is 12.1 Å². The number of methoxy groups -OCH3 is 2. The van der Waals surface area contributed by atoms with Crippen LogP contribution in [0.15, 0.2) is 42.5 Å². The molecule has 0 radical (unpaired) electrons. The van der Waals surface area contributed by atoms with E-state index < -0.39 is 0 Å². The number of hydrogen-bond donors (Lipinski definition) is 0. The van der Waals surface area contributed by atoms with Gasteiger partial charge in [-0.25, -0.2) is 0 Å². The average molecular weight is 368 g/mol. The van der Waals surface area contributed by atoms with E-state index in [-0.39, 0.29) is 5.78 Å². The van der Waals surface area contributed by atoms with Crippen molar-refractivity contribution < 1.29 is 19.0 Å². The first-order valence-corrected chi connectivity index (χ1v) is 8.35. The number of ether oxygens (including phenoxy) is 3. The Morgan fingerprint density at radius 3 is 2.56 bits per heavy atom. The minimum atomic E-state index is -0.0415. The third-order valence-electron chi connectivity index (χ3n) is 3.91. The number of hydrogen-bond acceptors (Lipinski definition) is 7. The van der Waals surface area contributed by atoms with Gasteiger partial charge in [-0.15, -0.1) is 10.2 Å². The van der Waals surface area contributed by atoms with E-state index in [1.807, 2.05) is 12.1 Å². The van der Waals surface area contributed by atoms with Crippen molar-refractivity contribution in [3.8, 4) is 28.6 Å². The maximum Gasteiger partial charge on any atom is 0.205 e. The minimum absolute atomic E-state index is 0.0415. The van der Waals surface area contributed by atoms with Crippen LogP contribution in [0.2, 0.25) is 0 Å². The Balaban J connectivity index is 1.66. The molecule has 0 amide bonds. The molecule has 1 heterocycles. The van der Waals surface area contributed by atoms with Crippen LogP contribution in [0.5, 0.6) is 17.2 Å². The van der Waals surface area contributed by atoms with Crippen LogP contribution < -0.4 is 14.2 Å². The van der Waals surface area contributed by atoms with Crippen molar-refractivity contribution in [2.75, 3.05) is 20.8 Å². The fourth-order valence-electron chi connectivity index (χ4n) is 2.55. The van der Waals surface area contributed by atoms with Crippen molar-refractivity contribution in [1.29, 1.82) is 0 Å². The number of benzene rings is 2. The number of ketones is 1. The summed E-state index contributed by atoms with van der Waals surface area (Å²) < 4.78 is 16.2. The van der Waals surface area contributed by atoms with Crippen LogP contribution in [0.1, 0.15) is 17.3 Å². The second-order valence-electron chi connectivity index (χ2n) is 5.68. The zero-order chi connectivity index (χ0) is 19.2. The van der Waals surface area contributed by atoms with E-state index in [0.717, 1.165) is 5.56 Å². The molecule has 8 heteroatoms. The van der Waals surface area contributed by atoms with Gasteiger partial charge in [-0.05, 0) is 42.5 Å². The van der Waals surface area contributed by atoms with Crippen LogP contribution in [-0.4, -0.2) is 46.8 Å². The molecule has 1 aromatic heterocycles. The molecule has 0 spiro atoms. The van der Waals surface area contributed by atoms with Gasteiger partial charge in [0, 0.05) is 5.56 Å². The Morgan fingerprint density at radius 1 is 1.04 bits per heavy atom. The molecule has 0 bridgehead atoms. The zero-order valence-corrected chi connectivity index (χ0v) is 15.4. The monoisotopic (exact) mass is 368 g/mol. The summed E-state index contributed by atoms with van der Waals surface area (Å²) in [7, 11) is 3.15. The van der Waals surface area contributed by atoms with Gasteiger partial charge in [0.25, 0.3) is 0 Å². The van der Waals surface area contributed by atoms with E-state index in [1.54, 1.807) is 44.6 Å². The summed E-state index contributed by atoms with van der Waals surface area (Å²) in [5, 5.41) is 12.5. The number of rotatable bonds is 8. The lowest BCUT2D eigenvalue weighted by molar-refractivity contribution is 0.101. The highest BCUT2D eigenvalue weighted by molar-refractivity contribution is 5.96. The SMILES string of the molecule is COc1ccc(-c2nnn(CCOc3ccccc3C(C)=O)n2)cc1OC. The first-order valence-electron chi connectivity index (χ1n) is 8.35. The van der Waals surface area contributed by atoms with Gasteiger partial charge >= 0.3 is 0 Å². The third-order valence-corrected chi connectivity index (χ3v) is 3.91. The smallest absolute Gasteiger partial charge is 0.205 e. The Kier molecular flexibility index (Phi) is 5.65. The number of carbonyl (C=O) groups is 1. The lowest BCUT2D eigenvalue weighted by atomic mass is 10.1. The van der Waals surface area contributed by atoms with E-state index in [4.69, 9.17) is 14.2 Å². The number of nitrogens with zero attached hydrogens (tertiary/aromatic N) is 4. The fourth-order valence-corrected chi connectivity index (χ4v) is 2.55. The van der Waals surface area contributed by atoms with Crippen molar-refractivity contribution in [1.82, 2.24) is 20.2 Å². The summed E-state index contributed by atoms with van der Waals surface area (Å²) in [6, 6.07) is 12.5. The molecule has 0 saturated heterocycles. The van der Waals surface area contributed by atoms with Crippen molar-refractivity contribution in [3.63, 3.8) is 0 Å². The van der Waals surface area contributed by atoms with Gasteiger partial charge in [0.2, 0.25) is 5.82 Å². The zero-order valence-electron chi connectivity index (χ0n) is 15.4. The molecule has 0 fully saturated rings. The van der Waals surface area contributed by atoms with E-state index in [2.05, 4.69) is 15.4 Å². The standard InChI is InChI=1S/C19H20N4O4/c1-13(24)15-6-4-5-7-16(15)27-11-10-23-21-19(20-22-23)14-8-9-17(25-2)18(12-14)26-3/h4-9,12H,10-11H2,1-3H3. The third kappa shape index (κ3) is 4.22. The molecule has 27 heavy (non-hydrogen) atoms. The highest BCUT2D eigenvalue weighted by Crippen LogP contribution is 2.30. The molecular weight excluding hydrogens is 348 g/mol. The highest BCUT2D eigenvalue weighted by Gasteiger charge is 2.11. The van der Waals surface area contributed by atoms with Gasteiger partial charge < -0.3 is 14.2 Å². The van der Waals surface area contributed by atoms with Gasteiger partial charge in [-0.2, -0.15) is 4.80 Å². The summed E-state index contributed by atoms with van der Waals surface area (Å²) in [5.41, 5.74) is 1.32. The summed E-state index contributed by atoms with van der Waals surface area (Å²) in [6.45, 7) is 2.22. The van der Waals surface area contributed by atoms with Crippen molar-refractivity contribution >= 4 is 5.78 Å². The second-order valence-corrected chi connectivity index (χ2v) is 5.68. The lowest BCUT2D eigenvalue weighted by Gasteiger charge is -2.09. The maximum atomic E-state index is 11.6. The predicted octanol–water partition coefficient (Wildman–Crippen LogP) is 2.64. The van der Waals surface area contributed by atoms with Gasteiger partial charge in [0.15, 0.2) is 17.3 Å². The molecule has 0 aliphatic carbocycles. The second kappa shape index (κ2) is 8.31. The first kappa shape index (κ1) is 18.4. The highest BCUT2D eigenvalue weighted by atomic mass is 16.5. The van der Waals surface area contributed by atoms with E-state index in [9.17, 15) is 4.79 Å². The Bertz CT molecular complexity index is 939. The van der Waals surface area contributed by atoms with Gasteiger partial charge in [0.1, 0.15) is 12.4 Å². The molecule has 0 saturated carbocycles. The minimum Gasteiger partial charge on any atom is -0.493 e. The first-order chi connectivity index (χ1) is 13.1. The quantitative estimate of drug-likeness (QED) is 0.565. The van der Waals surface area contributed by atoms with Crippen LogP contribution in [-0.2, 0) is 6.54 Å². The number of Topliss-reactive ketones (excluding diaryl/α,β-unsaturated/α-hetero) is 1. The molecule has 3 rings (SSSR count). The van der Waals surface area contributed by atoms with E-state index in [0.29, 0.717) is 41.8 Å². The number of aromatic nitrogens is 4. The van der Waals surface area contributed by atoms with Crippen molar-refractivity contribution in [2.24, 2.45) is 0 Å². The lowest BCUT2D eigenvalue weighted by Crippen LogP contribution is -2.12. The Labute approximate surface area is 156 Å². The van der Waals surface area contributed by atoms with Crippen molar-refractivity contribution in [3.05, 3.63) is 48.0 Å². The normalized spacial score (nSPS) is 10.5. The van der Waals surface area contributed by atoms with Crippen molar-refractivity contribution in [2.45, 2.75) is 13.5 Å². The largest absolute Gasteiger partial charge is 0.493 e. The molecule has 140 valence electrons. The van der Waals surface area contributed by atoms with Crippen LogP contribution in [0, 0.1) is 0 Å². The Morgan fingerprint density at radius 2 is 1.81 bits per heavy atom. The maximum absolute atomic E-state index is 11.6. The summed E-state index contributed by atoms with van der Waals surface area (Å²) in [4.78, 5) is 13.1. The van der Waals surface area contributed by atoms with E-state index >= 15 is 0 Å². The molecule has 0 N–H and O–H groups in total. The van der Waals surface area contributed by atoms with Crippen LogP contribution >= 0.6 is 0 Å². The molecule has 3 aromatic rings. The topological polar surface area (TPSA) is 88.4 Å². The summed E-state index contributed by atoms with van der Waals surface area (Å²) >= 11 is 0. The number of carbonyl (C=O) groups excluding carboxylic acids is 1. The average Bonchev–Trinajstić information content (AvgIpc) is 3.16. The predicted molar refractivity (Wildman–Crippen MR) is 98.3 cm³/mol. The molecule has 0 aliphatic rings. The van der Waals surface area contributed by atoms with Crippen LogP contribution in [0.25, 0.3) is 11.4 Å². The molecule has 0 aliphatic heterocycles. The molecule has 0 atom stereocenters. The molecule has 0 unspecified atom stereocenters. The van der Waals surface area contributed by atoms with E-state index in [1.165, 1.54) is 11.7 Å². The van der Waals surface area contributed by atoms with Gasteiger partial charge in [-0.3, -0.25) is 4.79 Å².